The Morgan fingerprint density at radius 1 is 0.905 bits per heavy atom. The average Bonchev–Trinajstić information content (AvgIpc) is 2.94. The first-order valence-electron chi connectivity index (χ1n) is 6.98. The van der Waals surface area contributed by atoms with Crippen LogP contribution in [0.15, 0.2) is 60.7 Å². The molecule has 0 saturated heterocycles. The lowest BCUT2D eigenvalue weighted by molar-refractivity contribution is -0.689. The highest BCUT2D eigenvalue weighted by molar-refractivity contribution is 7.22. The number of hydrogen-bond acceptors (Lipinski definition) is 2. The van der Waals surface area contributed by atoms with Crippen molar-refractivity contribution in [1.29, 1.82) is 0 Å². The minimum atomic E-state index is 0.588. The fourth-order valence-electron chi connectivity index (χ4n) is 3.04. The summed E-state index contributed by atoms with van der Waals surface area (Å²) in [4.78, 5) is 0. The maximum atomic E-state index is 5.90. The van der Waals surface area contributed by atoms with E-state index in [-0.39, 0.29) is 0 Å². The highest BCUT2D eigenvalue weighted by Crippen LogP contribution is 2.39. The van der Waals surface area contributed by atoms with Crippen LogP contribution in [-0.2, 0) is 6.73 Å². The molecule has 0 spiro atoms. The van der Waals surface area contributed by atoms with E-state index >= 15 is 0 Å². The predicted octanol–water partition coefficient (Wildman–Crippen LogP) is 4.36. The third-order valence-corrected chi connectivity index (χ3v) is 5.33. The second kappa shape index (κ2) is 4.06. The Labute approximate surface area is 125 Å². The minimum Gasteiger partial charge on any atom is -0.435 e. The summed E-state index contributed by atoms with van der Waals surface area (Å²) in [5.41, 5.74) is 2.44. The zero-order valence-corrected chi connectivity index (χ0v) is 12.1. The van der Waals surface area contributed by atoms with E-state index in [9.17, 15) is 0 Å². The van der Waals surface area contributed by atoms with Crippen LogP contribution in [0.5, 0.6) is 5.75 Å². The molecule has 0 aliphatic carbocycles. The van der Waals surface area contributed by atoms with Gasteiger partial charge in [-0.05, 0) is 23.6 Å². The highest BCUT2D eigenvalue weighted by atomic mass is 32.1. The highest BCUT2D eigenvalue weighted by Gasteiger charge is 2.29. The zero-order chi connectivity index (χ0) is 13.8. The SMILES string of the molecule is c1ccc2c(c1)OC[n+]1c-2sc2c3ccccc3ccc21. The van der Waals surface area contributed by atoms with E-state index in [1.54, 1.807) is 0 Å². The number of para-hydroxylation sites is 1. The second-order valence-corrected chi connectivity index (χ2v) is 6.24. The van der Waals surface area contributed by atoms with Crippen LogP contribution in [0.25, 0.3) is 31.6 Å². The van der Waals surface area contributed by atoms with Gasteiger partial charge in [0.25, 0.3) is 11.7 Å². The van der Waals surface area contributed by atoms with Gasteiger partial charge in [0.2, 0.25) is 5.52 Å². The zero-order valence-electron chi connectivity index (χ0n) is 11.2. The Hall–Kier alpha value is -2.39. The van der Waals surface area contributed by atoms with Crippen molar-refractivity contribution >= 4 is 32.3 Å². The van der Waals surface area contributed by atoms with Gasteiger partial charge >= 0.3 is 0 Å². The van der Waals surface area contributed by atoms with Crippen LogP contribution in [-0.4, -0.2) is 0 Å². The number of rotatable bonds is 0. The molecule has 0 atom stereocenters. The molecule has 1 aliphatic rings. The maximum Gasteiger partial charge on any atom is 0.293 e. The first-order valence-corrected chi connectivity index (χ1v) is 7.80. The molecule has 100 valence electrons. The van der Waals surface area contributed by atoms with E-state index in [0.29, 0.717) is 6.73 Å². The van der Waals surface area contributed by atoms with Gasteiger partial charge in [-0.25, -0.2) is 0 Å². The number of ether oxygens (including phenoxy) is 1. The Kier molecular flexibility index (Phi) is 2.18. The average molecular weight is 290 g/mol. The van der Waals surface area contributed by atoms with Crippen LogP contribution in [0.1, 0.15) is 0 Å². The van der Waals surface area contributed by atoms with Gasteiger partial charge in [-0.3, -0.25) is 0 Å². The lowest BCUT2D eigenvalue weighted by Gasteiger charge is -2.12. The second-order valence-electron chi connectivity index (χ2n) is 5.24. The predicted molar refractivity (Wildman–Crippen MR) is 85.6 cm³/mol. The normalized spacial score (nSPS) is 13.0. The van der Waals surface area contributed by atoms with Crippen LogP contribution in [0, 0.1) is 0 Å². The molecule has 2 heterocycles. The van der Waals surface area contributed by atoms with Gasteiger partial charge in [0.05, 0.1) is 5.56 Å². The molecule has 0 unspecified atom stereocenters. The number of aromatic nitrogens is 1. The van der Waals surface area contributed by atoms with Crippen molar-refractivity contribution < 1.29 is 9.30 Å². The Morgan fingerprint density at radius 2 is 1.76 bits per heavy atom. The number of nitrogens with zero attached hydrogens (tertiary/aromatic N) is 1. The summed E-state index contributed by atoms with van der Waals surface area (Å²) in [6.45, 7) is 0.588. The smallest absolute Gasteiger partial charge is 0.293 e. The first kappa shape index (κ1) is 11.3. The summed E-state index contributed by atoms with van der Waals surface area (Å²) in [5, 5.41) is 3.89. The van der Waals surface area contributed by atoms with Gasteiger partial charge in [0, 0.05) is 11.5 Å². The van der Waals surface area contributed by atoms with Crippen molar-refractivity contribution in [3.05, 3.63) is 60.7 Å². The summed E-state index contributed by atoms with van der Waals surface area (Å²) >= 11 is 1.85. The molecule has 1 aliphatic heterocycles. The van der Waals surface area contributed by atoms with Gasteiger partial charge in [-0.15, -0.1) is 4.57 Å². The quantitative estimate of drug-likeness (QED) is 0.439. The summed E-state index contributed by atoms with van der Waals surface area (Å²) in [6, 6.07) is 21.2. The van der Waals surface area contributed by atoms with Crippen LogP contribution >= 0.6 is 11.3 Å². The number of fused-ring (bicyclic) bond motifs is 7. The van der Waals surface area contributed by atoms with E-state index in [2.05, 4.69) is 53.1 Å². The third-order valence-electron chi connectivity index (χ3n) is 4.06. The Balaban J connectivity index is 1.93. The van der Waals surface area contributed by atoms with E-state index in [4.69, 9.17) is 4.74 Å². The van der Waals surface area contributed by atoms with E-state index in [0.717, 1.165) is 5.75 Å². The molecule has 1 aromatic heterocycles. The lowest BCUT2D eigenvalue weighted by atomic mass is 10.1. The lowest BCUT2D eigenvalue weighted by Crippen LogP contribution is -2.39. The van der Waals surface area contributed by atoms with Crippen LogP contribution in [0.2, 0.25) is 0 Å². The number of thiazole rings is 1. The summed E-state index contributed by atoms with van der Waals surface area (Å²) in [6.07, 6.45) is 0. The molecule has 0 bridgehead atoms. The van der Waals surface area contributed by atoms with Crippen LogP contribution in [0.3, 0.4) is 0 Å². The van der Waals surface area contributed by atoms with Gasteiger partial charge in [0.15, 0.2) is 0 Å². The third kappa shape index (κ3) is 1.49. The van der Waals surface area contributed by atoms with Crippen molar-refractivity contribution in [2.75, 3.05) is 0 Å². The maximum absolute atomic E-state index is 5.90. The standard InChI is InChI=1S/C18H12NOS/c1-2-6-13-12(5-1)9-10-15-17(13)21-18-14-7-3-4-8-16(14)20-11-19(15)18/h1-10H,11H2/q+1. The molecule has 5 rings (SSSR count). The Morgan fingerprint density at radius 3 is 2.76 bits per heavy atom. The molecule has 3 aromatic carbocycles. The fourth-order valence-corrected chi connectivity index (χ4v) is 4.36. The minimum absolute atomic E-state index is 0.588. The molecule has 0 fully saturated rings. The molecule has 4 aromatic rings. The molecule has 0 N–H and O–H groups in total. The number of benzene rings is 3. The van der Waals surface area contributed by atoms with E-state index < -0.39 is 0 Å². The molecule has 0 saturated carbocycles. The monoisotopic (exact) mass is 290 g/mol. The van der Waals surface area contributed by atoms with Gasteiger partial charge < -0.3 is 4.74 Å². The topological polar surface area (TPSA) is 13.1 Å². The van der Waals surface area contributed by atoms with E-state index in [1.807, 2.05) is 23.5 Å². The summed E-state index contributed by atoms with van der Waals surface area (Å²) in [7, 11) is 0. The van der Waals surface area contributed by atoms with Gasteiger partial charge in [-0.1, -0.05) is 47.7 Å². The largest absolute Gasteiger partial charge is 0.435 e. The number of hydrogen-bond donors (Lipinski definition) is 0. The van der Waals surface area contributed by atoms with Crippen LogP contribution < -0.4 is 9.30 Å². The molecule has 21 heavy (non-hydrogen) atoms. The van der Waals surface area contributed by atoms with Crippen LogP contribution in [0.4, 0.5) is 0 Å². The molecular formula is C18H12NOS+. The fraction of sp³-hybridized carbons (Fsp3) is 0.0556. The van der Waals surface area contributed by atoms with Gasteiger partial charge in [0.1, 0.15) is 10.4 Å². The van der Waals surface area contributed by atoms with Crippen molar-refractivity contribution in [1.82, 2.24) is 0 Å². The summed E-state index contributed by atoms with van der Waals surface area (Å²) < 4.78 is 9.51. The molecular weight excluding hydrogens is 278 g/mol. The Bertz CT molecular complexity index is 1000. The first-order chi connectivity index (χ1) is 10.4. The summed E-state index contributed by atoms with van der Waals surface area (Å²) in [5.74, 6) is 0.980. The van der Waals surface area contributed by atoms with E-state index in [1.165, 1.54) is 31.6 Å². The molecule has 2 nitrogen and oxygen atoms in total. The van der Waals surface area contributed by atoms with Crippen molar-refractivity contribution in [3.8, 4) is 16.3 Å². The molecule has 0 radical (unpaired) electrons. The van der Waals surface area contributed by atoms with Crippen molar-refractivity contribution in [2.45, 2.75) is 6.73 Å². The van der Waals surface area contributed by atoms with Crippen molar-refractivity contribution in [3.63, 3.8) is 0 Å². The molecule has 3 heteroatoms. The van der Waals surface area contributed by atoms with Crippen molar-refractivity contribution in [2.24, 2.45) is 0 Å². The van der Waals surface area contributed by atoms with Gasteiger partial charge in [-0.2, -0.15) is 0 Å². The molecule has 0 amide bonds.